The number of hydrogen-bond donors (Lipinski definition) is 2. The van der Waals surface area contributed by atoms with Crippen LogP contribution in [0.3, 0.4) is 0 Å². The molecule has 3 heteroatoms. The number of benzene rings is 8. The van der Waals surface area contributed by atoms with Gasteiger partial charge in [-0.05, 0) is 99.1 Å². The number of hydrogen-bond acceptors (Lipinski definition) is 2. The van der Waals surface area contributed by atoms with E-state index in [2.05, 4.69) is 121 Å². The van der Waals surface area contributed by atoms with E-state index >= 15 is 0 Å². The van der Waals surface area contributed by atoms with E-state index in [9.17, 15) is 10.0 Å². The second-order valence-electron chi connectivity index (χ2n) is 11.5. The molecule has 0 fully saturated rings. The fourth-order valence-electron chi connectivity index (χ4n) is 7.33. The van der Waals surface area contributed by atoms with Gasteiger partial charge in [0.05, 0.1) is 0 Å². The average Bonchev–Trinajstić information content (AvgIpc) is 3.38. The minimum atomic E-state index is -1.50. The summed E-state index contributed by atoms with van der Waals surface area (Å²) in [5.74, 6) is 0. The van der Waals surface area contributed by atoms with E-state index in [0.717, 1.165) is 16.7 Å². The molecule has 0 unspecified atom stereocenters. The summed E-state index contributed by atoms with van der Waals surface area (Å²) in [4.78, 5) is 0. The van der Waals surface area contributed by atoms with Crippen LogP contribution in [0.25, 0.3) is 87.6 Å². The van der Waals surface area contributed by atoms with Gasteiger partial charge >= 0.3 is 7.12 Å². The predicted molar refractivity (Wildman–Crippen MR) is 182 cm³/mol. The van der Waals surface area contributed by atoms with Gasteiger partial charge in [-0.1, -0.05) is 133 Å². The van der Waals surface area contributed by atoms with Crippen molar-refractivity contribution >= 4 is 55.7 Å². The molecule has 1 aliphatic carbocycles. The molecule has 0 saturated carbocycles. The summed E-state index contributed by atoms with van der Waals surface area (Å²) >= 11 is 0. The van der Waals surface area contributed by atoms with E-state index in [4.69, 9.17) is 0 Å². The maximum absolute atomic E-state index is 9.87. The zero-order valence-corrected chi connectivity index (χ0v) is 23.3. The fourth-order valence-corrected chi connectivity index (χ4v) is 7.33. The molecule has 8 aromatic carbocycles. The lowest BCUT2D eigenvalue weighted by atomic mass is 9.78. The molecule has 200 valence electrons. The van der Waals surface area contributed by atoms with Gasteiger partial charge in [0.2, 0.25) is 0 Å². The Morgan fingerprint density at radius 1 is 0.372 bits per heavy atom. The first-order chi connectivity index (χ1) is 21.2. The second kappa shape index (κ2) is 9.14. The van der Waals surface area contributed by atoms with Crippen molar-refractivity contribution in [3.8, 4) is 44.5 Å². The maximum atomic E-state index is 9.87. The maximum Gasteiger partial charge on any atom is 0.488 e. The Morgan fingerprint density at radius 2 is 0.953 bits per heavy atom. The summed E-state index contributed by atoms with van der Waals surface area (Å²) in [6.45, 7) is 0. The summed E-state index contributed by atoms with van der Waals surface area (Å²) in [7, 11) is -1.50. The Bertz CT molecular complexity index is 2380. The molecular weight excluding hydrogens is 523 g/mol. The van der Waals surface area contributed by atoms with Crippen LogP contribution in [-0.2, 0) is 0 Å². The molecule has 0 aromatic heterocycles. The zero-order chi connectivity index (χ0) is 28.7. The fraction of sp³-hybridized carbons (Fsp3) is 0. The number of rotatable bonds is 3. The highest BCUT2D eigenvalue weighted by atomic mass is 16.4. The minimum Gasteiger partial charge on any atom is -0.423 e. The van der Waals surface area contributed by atoms with Crippen molar-refractivity contribution in [3.05, 3.63) is 140 Å². The summed E-state index contributed by atoms with van der Waals surface area (Å²) in [6.07, 6.45) is 0. The minimum absolute atomic E-state index is 0.505. The molecule has 0 heterocycles. The van der Waals surface area contributed by atoms with E-state index in [0.29, 0.717) is 5.46 Å². The van der Waals surface area contributed by atoms with E-state index in [1.165, 1.54) is 70.9 Å². The number of fused-ring (bicyclic) bond motifs is 6. The third-order valence-electron chi connectivity index (χ3n) is 9.20. The van der Waals surface area contributed by atoms with Crippen molar-refractivity contribution < 1.29 is 10.0 Å². The standard InChI is InChI=1S/C40H25BO2/c42-41(43)27-18-19-28-35-20-21-36(33-14-7-15-34(40(33)35)37(28)23-27)39-31-12-5-3-10-29(31)38(30-11-4-6-13-32(30)39)26-17-16-24-8-1-2-9-25(24)22-26/h1-23,42-43H. The van der Waals surface area contributed by atoms with Gasteiger partial charge in [-0.2, -0.15) is 0 Å². The molecule has 9 rings (SSSR count). The second-order valence-corrected chi connectivity index (χ2v) is 11.5. The normalized spacial score (nSPS) is 12.0. The van der Waals surface area contributed by atoms with Crippen molar-refractivity contribution in [3.63, 3.8) is 0 Å². The average molecular weight is 548 g/mol. The first kappa shape index (κ1) is 24.4. The Hall–Kier alpha value is -5.22. The summed E-state index contributed by atoms with van der Waals surface area (Å²) in [5, 5.41) is 29.6. The Labute approximate surface area is 249 Å². The van der Waals surface area contributed by atoms with Gasteiger partial charge in [-0.3, -0.25) is 0 Å². The molecule has 0 atom stereocenters. The van der Waals surface area contributed by atoms with Crippen molar-refractivity contribution in [2.75, 3.05) is 0 Å². The summed E-state index contributed by atoms with van der Waals surface area (Å²) in [5.41, 5.74) is 9.91. The van der Waals surface area contributed by atoms with Crippen LogP contribution in [0.4, 0.5) is 0 Å². The third-order valence-corrected chi connectivity index (χ3v) is 9.20. The molecule has 2 nitrogen and oxygen atoms in total. The topological polar surface area (TPSA) is 40.5 Å². The lowest BCUT2D eigenvalue weighted by Gasteiger charge is -2.19. The van der Waals surface area contributed by atoms with Crippen LogP contribution < -0.4 is 5.46 Å². The molecule has 1 aliphatic rings. The molecule has 2 N–H and O–H groups in total. The highest BCUT2D eigenvalue weighted by Crippen LogP contribution is 2.51. The van der Waals surface area contributed by atoms with Crippen molar-refractivity contribution in [2.45, 2.75) is 0 Å². The SMILES string of the molecule is OB(O)c1ccc2c(c1)-c1cccc3c(-c4c5ccccc5c(-c5ccc6ccccc6c5)c5ccccc45)ccc-2c13. The zero-order valence-electron chi connectivity index (χ0n) is 23.3. The van der Waals surface area contributed by atoms with Crippen LogP contribution in [0.2, 0.25) is 0 Å². The van der Waals surface area contributed by atoms with Crippen LogP contribution in [0, 0.1) is 0 Å². The van der Waals surface area contributed by atoms with Crippen LogP contribution in [0.15, 0.2) is 140 Å². The van der Waals surface area contributed by atoms with E-state index in [1.807, 2.05) is 18.2 Å². The van der Waals surface area contributed by atoms with E-state index in [-0.39, 0.29) is 0 Å². The van der Waals surface area contributed by atoms with Gasteiger partial charge in [0.25, 0.3) is 0 Å². The molecule has 43 heavy (non-hydrogen) atoms. The predicted octanol–water partition coefficient (Wildman–Crippen LogP) is 8.96. The van der Waals surface area contributed by atoms with Crippen LogP contribution >= 0.6 is 0 Å². The first-order valence-corrected chi connectivity index (χ1v) is 14.7. The van der Waals surface area contributed by atoms with Gasteiger partial charge in [-0.15, -0.1) is 0 Å². The first-order valence-electron chi connectivity index (χ1n) is 14.7. The molecule has 8 aromatic rings. The van der Waals surface area contributed by atoms with E-state index in [1.54, 1.807) is 0 Å². The Morgan fingerprint density at radius 3 is 1.67 bits per heavy atom. The Balaban J connectivity index is 1.37. The molecule has 0 amide bonds. The van der Waals surface area contributed by atoms with Crippen LogP contribution in [-0.4, -0.2) is 17.2 Å². The smallest absolute Gasteiger partial charge is 0.423 e. The van der Waals surface area contributed by atoms with Crippen molar-refractivity contribution in [2.24, 2.45) is 0 Å². The summed E-state index contributed by atoms with van der Waals surface area (Å²) in [6, 6.07) is 49.7. The largest absolute Gasteiger partial charge is 0.488 e. The van der Waals surface area contributed by atoms with Gasteiger partial charge in [-0.25, -0.2) is 0 Å². The molecular formula is C40H25BO2. The lowest BCUT2D eigenvalue weighted by Crippen LogP contribution is -2.29. The lowest BCUT2D eigenvalue weighted by molar-refractivity contribution is 0.426. The summed E-state index contributed by atoms with van der Waals surface area (Å²) < 4.78 is 0. The molecule has 0 saturated heterocycles. The van der Waals surface area contributed by atoms with Crippen molar-refractivity contribution in [1.82, 2.24) is 0 Å². The van der Waals surface area contributed by atoms with E-state index < -0.39 is 7.12 Å². The highest BCUT2D eigenvalue weighted by Gasteiger charge is 2.26. The Kier molecular flexibility index (Phi) is 5.19. The van der Waals surface area contributed by atoms with Crippen LogP contribution in [0.1, 0.15) is 0 Å². The van der Waals surface area contributed by atoms with Gasteiger partial charge in [0.15, 0.2) is 0 Å². The quantitative estimate of drug-likeness (QED) is 0.171. The van der Waals surface area contributed by atoms with Crippen LogP contribution in [0.5, 0.6) is 0 Å². The molecule has 0 spiro atoms. The highest BCUT2D eigenvalue weighted by molar-refractivity contribution is 6.58. The van der Waals surface area contributed by atoms with Gasteiger partial charge < -0.3 is 10.0 Å². The van der Waals surface area contributed by atoms with Gasteiger partial charge in [0, 0.05) is 0 Å². The molecule has 0 bridgehead atoms. The van der Waals surface area contributed by atoms with Gasteiger partial charge in [0.1, 0.15) is 0 Å². The monoisotopic (exact) mass is 548 g/mol. The molecule has 0 aliphatic heterocycles. The third kappa shape index (κ3) is 3.50. The van der Waals surface area contributed by atoms with Crippen molar-refractivity contribution in [1.29, 1.82) is 0 Å². The molecule has 0 radical (unpaired) electrons.